The van der Waals surface area contributed by atoms with E-state index in [0.717, 1.165) is 38.5 Å². The Balaban J connectivity index is 3.41. The van der Waals surface area contributed by atoms with Gasteiger partial charge in [-0.3, -0.25) is 47.9 Å². The van der Waals surface area contributed by atoms with E-state index in [9.17, 15) is 53.1 Å². The molecule has 9 atom stereocenters. The van der Waals surface area contributed by atoms with Crippen molar-refractivity contribution in [3.05, 3.63) is 12.2 Å². The first-order valence-electron chi connectivity index (χ1n) is 30.4. The Labute approximate surface area is 497 Å². The van der Waals surface area contributed by atoms with Gasteiger partial charge in [0.2, 0.25) is 59.6 Å². The van der Waals surface area contributed by atoms with Crippen LogP contribution in [0.3, 0.4) is 0 Å². The summed E-state index contributed by atoms with van der Waals surface area (Å²) >= 11 is 0. The molecule has 22 nitrogen and oxygen atoms in total. The Morgan fingerprint density at radius 1 is 0.663 bits per heavy atom. The van der Waals surface area contributed by atoms with Crippen LogP contribution in [-0.4, -0.2) is 172 Å². The Kier molecular flexibility index (Phi) is 32.3. The summed E-state index contributed by atoms with van der Waals surface area (Å²) in [5.74, 6) is -6.30. The monoisotopic (exact) mass is 1170 g/mol. The zero-order valence-corrected chi connectivity index (χ0v) is 54.1. The number of aliphatic hydroxyl groups is 1. The van der Waals surface area contributed by atoms with Crippen LogP contribution < -0.4 is 42.5 Å². The molecule has 1 heterocycles. The maximum Gasteiger partial charge on any atom is 0.247 e. The molecule has 9 N–H and O–H groups in total. The van der Waals surface area contributed by atoms with Crippen LogP contribution in [0.5, 0.6) is 0 Å². The first-order valence-corrected chi connectivity index (χ1v) is 30.4. The van der Waals surface area contributed by atoms with E-state index in [-0.39, 0.29) is 73.8 Å². The Morgan fingerprint density at radius 3 is 1.75 bits per heavy atom. The van der Waals surface area contributed by atoms with Crippen molar-refractivity contribution >= 4 is 59.6 Å². The number of carbonyl (C=O) groups is 10. The van der Waals surface area contributed by atoms with Gasteiger partial charge in [-0.05, 0) is 124 Å². The van der Waals surface area contributed by atoms with Gasteiger partial charge >= 0.3 is 0 Å². The normalized spacial score (nSPS) is 17.5. The van der Waals surface area contributed by atoms with E-state index in [0.29, 0.717) is 32.3 Å². The number of nitrogens with zero attached hydrogens (tertiary/aromatic N) is 3. The van der Waals surface area contributed by atoms with Gasteiger partial charge in [0, 0.05) is 32.1 Å². The molecule has 0 aromatic carbocycles. The fraction of sp³-hybridized carbons (Fsp3) is 0.803. The molecule has 0 aliphatic carbocycles. The summed E-state index contributed by atoms with van der Waals surface area (Å²) in [6.07, 6.45) is 8.84. The summed E-state index contributed by atoms with van der Waals surface area (Å²) < 4.78 is 0. The van der Waals surface area contributed by atoms with Crippen LogP contribution in [0.4, 0.5) is 0 Å². The molecule has 1 saturated heterocycles. The number of hydrogen-bond donors (Lipinski definition) is 9. The molecular formula is C61H111N11O11. The number of likely N-dealkylation sites (N-methyl/N-ethyl adjacent to an activating group) is 1. The van der Waals surface area contributed by atoms with E-state index in [2.05, 4.69) is 49.5 Å². The highest BCUT2D eigenvalue weighted by Crippen LogP contribution is 2.29. The predicted molar refractivity (Wildman–Crippen MR) is 324 cm³/mol. The number of likely N-dealkylation sites (tertiary alicyclic amines) is 1. The minimum absolute atomic E-state index is 0.0181. The predicted octanol–water partition coefficient (Wildman–Crippen LogP) is 4.18. The summed E-state index contributed by atoms with van der Waals surface area (Å²) in [6.45, 7) is 30.4. The molecule has 0 unspecified atom stereocenters. The topological polar surface area (TPSA) is 297 Å². The summed E-state index contributed by atoms with van der Waals surface area (Å²) in [5.41, 5.74) is -4.83. The maximum atomic E-state index is 14.7. The molecule has 1 rings (SSSR count). The van der Waals surface area contributed by atoms with Gasteiger partial charge in [-0.2, -0.15) is 0 Å². The Bertz CT molecular complexity index is 2160. The van der Waals surface area contributed by atoms with Gasteiger partial charge in [-0.1, -0.05) is 120 Å². The number of rotatable bonds is 38. The molecule has 1 aliphatic rings. The maximum absolute atomic E-state index is 14.7. The minimum Gasteiger partial charge on any atom is -0.390 e. The van der Waals surface area contributed by atoms with Gasteiger partial charge in [-0.15, -0.1) is 0 Å². The quantitative estimate of drug-likeness (QED) is 0.0239. The van der Waals surface area contributed by atoms with E-state index < -0.39 is 100 Å². The van der Waals surface area contributed by atoms with E-state index in [4.69, 9.17) is 0 Å². The molecule has 22 heteroatoms. The molecule has 476 valence electrons. The number of nitrogens with one attached hydrogen (secondary N) is 8. The van der Waals surface area contributed by atoms with Gasteiger partial charge < -0.3 is 62.3 Å². The second-order valence-electron chi connectivity index (χ2n) is 26.3. The number of unbranched alkanes of at least 4 members (excludes halogenated alkanes) is 5. The van der Waals surface area contributed by atoms with Gasteiger partial charge in [0.25, 0.3) is 0 Å². The smallest absolute Gasteiger partial charge is 0.247 e. The van der Waals surface area contributed by atoms with Crippen LogP contribution in [0.2, 0.25) is 0 Å². The lowest BCUT2D eigenvalue weighted by atomic mass is 9.95. The molecule has 83 heavy (non-hydrogen) atoms. The fourth-order valence-electron chi connectivity index (χ4n) is 9.70. The lowest BCUT2D eigenvalue weighted by molar-refractivity contribution is -0.145. The van der Waals surface area contributed by atoms with E-state index >= 15 is 0 Å². The first-order chi connectivity index (χ1) is 38.4. The molecule has 0 radical (unpaired) electrons. The summed E-state index contributed by atoms with van der Waals surface area (Å²) in [7, 11) is 3.79. The summed E-state index contributed by atoms with van der Waals surface area (Å²) in [4.78, 5) is 143. The lowest BCUT2D eigenvalue weighted by Crippen LogP contribution is -2.66. The number of aliphatic hydroxyl groups excluding tert-OH is 1. The molecule has 0 aromatic heterocycles. The van der Waals surface area contributed by atoms with Crippen LogP contribution in [0.1, 0.15) is 195 Å². The third kappa shape index (κ3) is 26.4. The first kappa shape index (κ1) is 75.4. The van der Waals surface area contributed by atoms with Crippen molar-refractivity contribution in [1.82, 2.24) is 57.2 Å². The molecule has 1 fully saturated rings. The third-order valence-corrected chi connectivity index (χ3v) is 14.9. The van der Waals surface area contributed by atoms with Gasteiger partial charge in [0.05, 0.1) is 6.10 Å². The molecule has 0 spiro atoms. The highest BCUT2D eigenvalue weighted by atomic mass is 16.3. The van der Waals surface area contributed by atoms with Gasteiger partial charge in [-0.25, -0.2) is 0 Å². The molecular weight excluding hydrogens is 1060 g/mol. The number of allylic oxidation sites excluding steroid dienone is 1. The van der Waals surface area contributed by atoms with Gasteiger partial charge in [0.1, 0.15) is 46.9 Å². The lowest BCUT2D eigenvalue weighted by Gasteiger charge is -2.38. The van der Waals surface area contributed by atoms with Crippen molar-refractivity contribution in [2.45, 2.75) is 254 Å². The van der Waals surface area contributed by atoms with Gasteiger partial charge in [0.15, 0.2) is 0 Å². The number of carbonyl (C=O) groups excluding carboxylic acids is 10. The summed E-state index contributed by atoms with van der Waals surface area (Å²) in [5, 5.41) is 33.5. The van der Waals surface area contributed by atoms with Crippen molar-refractivity contribution in [3.63, 3.8) is 0 Å². The van der Waals surface area contributed by atoms with Crippen molar-refractivity contribution in [2.75, 3.05) is 33.7 Å². The van der Waals surface area contributed by atoms with Crippen molar-refractivity contribution in [1.29, 1.82) is 0 Å². The Morgan fingerprint density at radius 2 is 1.20 bits per heavy atom. The SMILES string of the molecule is CCCCCCCC[C@@H](C(=O)N[C@H](C(=O)NC(C)(C)C(=O)N[C@@H](CC(C)C)C(=O)N[C@@H](CC(C)C)C(=O)NC(C)(C)C(=O)NC(C)(C)C(=O)NCCC(=O)N[C@@H](C)CN(C)C)[C@H](O)C(C)C)N(C=O)[C@@H]1C[C@H](C)CN1C(=O)/C=C/[C@@H](C)CC. The average Bonchev–Trinajstić information content (AvgIpc) is 4.01. The largest absolute Gasteiger partial charge is 0.390 e. The van der Waals surface area contributed by atoms with Crippen molar-refractivity contribution in [3.8, 4) is 0 Å². The van der Waals surface area contributed by atoms with Crippen molar-refractivity contribution in [2.24, 2.45) is 29.6 Å². The van der Waals surface area contributed by atoms with Crippen molar-refractivity contribution < 1.29 is 53.1 Å². The number of amides is 10. The summed E-state index contributed by atoms with van der Waals surface area (Å²) in [6, 6.07) is -5.25. The van der Waals surface area contributed by atoms with Crippen LogP contribution >= 0.6 is 0 Å². The van der Waals surface area contributed by atoms with Crippen LogP contribution in [-0.2, 0) is 47.9 Å². The zero-order chi connectivity index (χ0) is 63.7. The van der Waals surface area contributed by atoms with Crippen LogP contribution in [0, 0.1) is 29.6 Å². The molecule has 0 saturated carbocycles. The zero-order valence-electron chi connectivity index (χ0n) is 54.1. The molecule has 10 amide bonds. The molecule has 1 aliphatic heterocycles. The second-order valence-corrected chi connectivity index (χ2v) is 26.3. The average molecular weight is 1170 g/mol. The third-order valence-electron chi connectivity index (χ3n) is 14.9. The second kappa shape index (κ2) is 35.6. The van der Waals surface area contributed by atoms with Crippen LogP contribution in [0.15, 0.2) is 12.2 Å². The highest BCUT2D eigenvalue weighted by molar-refractivity contribution is 6.00. The van der Waals surface area contributed by atoms with Crippen LogP contribution in [0.25, 0.3) is 0 Å². The molecule has 0 aromatic rings. The standard InChI is InChI=1S/C61H111N11O11/c1-20-22-23-24-25-26-27-46(72(37-73)48-34-42(10)35-71(48)49(75)29-28-41(9)21-2)54(79)66-50(51(76)40(7)8)55(80)68-60(14,15)57(82)65-44(32-38(3)4)52(77)64-45(33-39(5)6)53(78)67-61(16,17)58(83)69-59(12,13)56(81)62-31-30-47(74)63-43(11)36-70(18)19/h28-29,37-46,48,50-51,76H,20-27,30-36H2,1-19H3,(H,62,81)(H,63,74)(H,64,77)(H,65,82)(H,66,79)(H,67,78)(H,68,80)(H,69,83)/b29-28+/t41-,42-,43-,44-,45-,46-,48+,50-,51+/m0/s1. The molecule has 0 bridgehead atoms. The fourth-order valence-corrected chi connectivity index (χ4v) is 9.70. The van der Waals surface area contributed by atoms with E-state index in [1.807, 2.05) is 80.5 Å². The number of hydrogen-bond acceptors (Lipinski definition) is 12. The minimum atomic E-state index is -1.77. The van der Waals surface area contributed by atoms with E-state index in [1.165, 1.54) is 52.5 Å². The Hall–Kier alpha value is -5.64. The van der Waals surface area contributed by atoms with E-state index in [1.54, 1.807) is 18.7 Å². The highest BCUT2D eigenvalue weighted by Gasteiger charge is 2.44.